The van der Waals surface area contributed by atoms with E-state index in [0.717, 1.165) is 0 Å². The number of benzene rings is 2. The van der Waals surface area contributed by atoms with Crippen LogP contribution in [0.4, 0.5) is 4.39 Å². The summed E-state index contributed by atoms with van der Waals surface area (Å²) in [4.78, 5) is 31.2. The minimum absolute atomic E-state index is 0.0121. The summed E-state index contributed by atoms with van der Waals surface area (Å²) in [6, 6.07) is 16.1. The number of nitrogens with zero attached hydrogens (tertiary/aromatic N) is 2. The second kappa shape index (κ2) is 8.08. The van der Waals surface area contributed by atoms with Gasteiger partial charge in [0.2, 0.25) is 0 Å². The molecule has 1 fully saturated rings. The molecule has 1 aliphatic heterocycles. The Morgan fingerprint density at radius 1 is 1.03 bits per heavy atom. The first-order valence-electron chi connectivity index (χ1n) is 9.16. The molecule has 7 heteroatoms. The Balaban J connectivity index is 1.88. The molecule has 2 heterocycles. The van der Waals surface area contributed by atoms with E-state index in [2.05, 4.69) is 4.98 Å². The summed E-state index contributed by atoms with van der Waals surface area (Å²) in [6.07, 6.45) is 1.57. The number of aliphatic hydroxyl groups is 1. The summed E-state index contributed by atoms with van der Waals surface area (Å²) in [5.41, 5.74) is 0.773. The van der Waals surface area contributed by atoms with Crippen molar-refractivity contribution in [2.45, 2.75) is 12.6 Å². The van der Waals surface area contributed by atoms with Crippen LogP contribution in [0.2, 0.25) is 5.02 Å². The molecular weight excluding hydrogens is 407 g/mol. The standard InChI is InChI=1S/C23H16ClFN2O3/c24-15-10-8-14(9-11-15)21(28)19-20(17-6-1-2-7-18(17)25)27(23(30)22(19)29)13-16-5-3-4-12-26-16/h1-12,20,28H,13H2/b21-19-. The number of carbonyl (C=O) groups excluding carboxylic acids is 2. The van der Waals surface area contributed by atoms with Crippen LogP contribution in [0, 0.1) is 5.82 Å². The largest absolute Gasteiger partial charge is 0.507 e. The number of hydrogen-bond acceptors (Lipinski definition) is 4. The molecule has 1 atom stereocenters. The predicted molar refractivity (Wildman–Crippen MR) is 110 cm³/mol. The topological polar surface area (TPSA) is 70.5 Å². The Hall–Kier alpha value is -3.51. The molecule has 1 unspecified atom stereocenters. The molecule has 4 rings (SSSR count). The maximum atomic E-state index is 14.7. The zero-order valence-electron chi connectivity index (χ0n) is 15.6. The van der Waals surface area contributed by atoms with Gasteiger partial charge in [-0.15, -0.1) is 0 Å². The van der Waals surface area contributed by atoms with E-state index in [0.29, 0.717) is 16.3 Å². The highest BCUT2D eigenvalue weighted by Gasteiger charge is 2.47. The van der Waals surface area contributed by atoms with Crippen molar-refractivity contribution in [2.75, 3.05) is 0 Å². The summed E-state index contributed by atoms with van der Waals surface area (Å²) in [7, 11) is 0. The zero-order chi connectivity index (χ0) is 21.3. The van der Waals surface area contributed by atoms with Gasteiger partial charge in [0.15, 0.2) is 0 Å². The Morgan fingerprint density at radius 3 is 2.40 bits per heavy atom. The monoisotopic (exact) mass is 422 g/mol. The van der Waals surface area contributed by atoms with Crippen molar-refractivity contribution in [3.63, 3.8) is 0 Å². The number of aromatic nitrogens is 1. The Labute approximate surface area is 177 Å². The fraction of sp³-hybridized carbons (Fsp3) is 0.0870. The number of Topliss-reactive ketones (excluding diaryl/α,β-unsaturated/α-hetero) is 1. The molecule has 0 radical (unpaired) electrons. The number of pyridine rings is 1. The van der Waals surface area contributed by atoms with Crippen molar-refractivity contribution in [2.24, 2.45) is 0 Å². The lowest BCUT2D eigenvalue weighted by Crippen LogP contribution is -2.30. The van der Waals surface area contributed by atoms with Gasteiger partial charge in [-0.2, -0.15) is 0 Å². The van der Waals surface area contributed by atoms with Crippen LogP contribution in [0.25, 0.3) is 5.76 Å². The number of amides is 1. The third-order valence-corrected chi connectivity index (χ3v) is 5.17. The highest BCUT2D eigenvalue weighted by atomic mass is 35.5. The van der Waals surface area contributed by atoms with Crippen LogP contribution in [0.1, 0.15) is 22.9 Å². The number of aliphatic hydroxyl groups excluding tert-OH is 1. The average Bonchev–Trinajstić information content (AvgIpc) is 3.00. The minimum atomic E-state index is -1.09. The first kappa shape index (κ1) is 19.8. The molecule has 1 N–H and O–H groups in total. The van der Waals surface area contributed by atoms with E-state index in [1.165, 1.54) is 35.2 Å². The molecule has 0 aliphatic carbocycles. The van der Waals surface area contributed by atoms with Crippen LogP contribution in [0.15, 0.2) is 78.5 Å². The van der Waals surface area contributed by atoms with Crippen LogP contribution in [0.3, 0.4) is 0 Å². The van der Waals surface area contributed by atoms with Crippen LogP contribution in [0.5, 0.6) is 0 Å². The van der Waals surface area contributed by atoms with Crippen LogP contribution in [-0.4, -0.2) is 26.7 Å². The number of hydrogen-bond donors (Lipinski definition) is 1. The quantitative estimate of drug-likeness (QED) is 0.382. The molecule has 2 aromatic carbocycles. The maximum absolute atomic E-state index is 14.7. The van der Waals surface area contributed by atoms with Crippen molar-refractivity contribution < 1.29 is 19.1 Å². The fourth-order valence-corrected chi connectivity index (χ4v) is 3.62. The normalized spacial score (nSPS) is 18.1. The van der Waals surface area contributed by atoms with Gasteiger partial charge in [-0.25, -0.2) is 4.39 Å². The van der Waals surface area contributed by atoms with Gasteiger partial charge in [0.1, 0.15) is 11.6 Å². The van der Waals surface area contributed by atoms with Crippen molar-refractivity contribution in [1.29, 1.82) is 0 Å². The fourth-order valence-electron chi connectivity index (χ4n) is 3.49. The van der Waals surface area contributed by atoms with Crippen molar-refractivity contribution in [3.8, 4) is 0 Å². The smallest absolute Gasteiger partial charge is 0.296 e. The number of carbonyl (C=O) groups is 2. The number of halogens is 2. The lowest BCUT2D eigenvalue weighted by atomic mass is 9.95. The van der Waals surface area contributed by atoms with Gasteiger partial charge in [-0.3, -0.25) is 14.6 Å². The van der Waals surface area contributed by atoms with E-state index in [-0.39, 0.29) is 23.4 Å². The van der Waals surface area contributed by atoms with E-state index >= 15 is 0 Å². The first-order valence-corrected chi connectivity index (χ1v) is 9.54. The highest BCUT2D eigenvalue weighted by molar-refractivity contribution is 6.46. The van der Waals surface area contributed by atoms with Crippen LogP contribution >= 0.6 is 11.6 Å². The van der Waals surface area contributed by atoms with Crippen LogP contribution in [-0.2, 0) is 16.1 Å². The molecule has 1 amide bonds. The summed E-state index contributed by atoms with van der Waals surface area (Å²) < 4.78 is 14.7. The van der Waals surface area contributed by atoms with Gasteiger partial charge in [-0.1, -0.05) is 35.9 Å². The van der Waals surface area contributed by atoms with E-state index < -0.39 is 23.5 Å². The van der Waals surface area contributed by atoms with E-state index in [1.54, 1.807) is 42.6 Å². The summed E-state index contributed by atoms with van der Waals surface area (Å²) in [5.74, 6) is -2.68. The number of likely N-dealkylation sites (tertiary alicyclic amines) is 1. The first-order chi connectivity index (χ1) is 14.5. The molecule has 1 aromatic heterocycles. The van der Waals surface area contributed by atoms with Crippen LogP contribution < -0.4 is 0 Å². The number of rotatable bonds is 4. The van der Waals surface area contributed by atoms with Crippen molar-refractivity contribution >= 4 is 29.1 Å². The number of ketones is 1. The Kier molecular flexibility index (Phi) is 5.33. The minimum Gasteiger partial charge on any atom is -0.507 e. The third-order valence-electron chi connectivity index (χ3n) is 4.92. The molecule has 1 aliphatic rings. The van der Waals surface area contributed by atoms with E-state index in [4.69, 9.17) is 11.6 Å². The molecule has 0 bridgehead atoms. The van der Waals surface area contributed by atoms with Gasteiger partial charge in [0.25, 0.3) is 11.7 Å². The molecule has 3 aromatic rings. The molecule has 5 nitrogen and oxygen atoms in total. The van der Waals surface area contributed by atoms with Gasteiger partial charge >= 0.3 is 0 Å². The van der Waals surface area contributed by atoms with Gasteiger partial charge in [0.05, 0.1) is 23.9 Å². The van der Waals surface area contributed by atoms with Gasteiger partial charge in [0, 0.05) is 22.3 Å². The van der Waals surface area contributed by atoms with Crippen molar-refractivity contribution in [3.05, 3.63) is 106 Å². The summed E-state index contributed by atoms with van der Waals surface area (Å²) in [6.45, 7) is -0.0121. The zero-order valence-corrected chi connectivity index (χ0v) is 16.4. The van der Waals surface area contributed by atoms with Gasteiger partial charge < -0.3 is 10.0 Å². The second-order valence-corrected chi connectivity index (χ2v) is 7.21. The van der Waals surface area contributed by atoms with Crippen molar-refractivity contribution in [1.82, 2.24) is 9.88 Å². The third kappa shape index (κ3) is 3.57. The highest BCUT2D eigenvalue weighted by Crippen LogP contribution is 2.41. The SMILES string of the molecule is O=C1C(=O)N(Cc2ccccn2)C(c2ccccc2F)/C1=C(/O)c1ccc(Cl)cc1. The summed E-state index contributed by atoms with van der Waals surface area (Å²) >= 11 is 5.90. The molecule has 1 saturated heterocycles. The summed E-state index contributed by atoms with van der Waals surface area (Å²) in [5, 5.41) is 11.4. The Morgan fingerprint density at radius 2 is 1.73 bits per heavy atom. The molecular formula is C23H16ClFN2O3. The van der Waals surface area contributed by atoms with Gasteiger partial charge in [-0.05, 0) is 42.5 Å². The van der Waals surface area contributed by atoms with E-state index in [1.807, 2.05) is 0 Å². The molecule has 0 saturated carbocycles. The molecule has 0 spiro atoms. The average molecular weight is 423 g/mol. The predicted octanol–water partition coefficient (Wildman–Crippen LogP) is 4.50. The lowest BCUT2D eigenvalue weighted by Gasteiger charge is -2.25. The Bertz CT molecular complexity index is 1150. The second-order valence-electron chi connectivity index (χ2n) is 6.78. The molecule has 30 heavy (non-hydrogen) atoms. The van der Waals surface area contributed by atoms with E-state index in [9.17, 15) is 19.1 Å². The molecule has 150 valence electrons. The maximum Gasteiger partial charge on any atom is 0.296 e. The lowest BCUT2D eigenvalue weighted by molar-refractivity contribution is -0.140.